The van der Waals surface area contributed by atoms with Crippen molar-refractivity contribution in [1.82, 2.24) is 10.6 Å². The Bertz CT molecular complexity index is 95.6. The van der Waals surface area contributed by atoms with E-state index < -0.39 is 6.17 Å². The van der Waals surface area contributed by atoms with Crippen LogP contribution >= 0.6 is 0 Å². The molecule has 0 amide bonds. The van der Waals surface area contributed by atoms with Crippen molar-refractivity contribution in [2.45, 2.75) is 25.6 Å². The van der Waals surface area contributed by atoms with Crippen LogP contribution in [0.1, 0.15) is 13.3 Å². The van der Waals surface area contributed by atoms with E-state index in [-0.39, 0.29) is 6.04 Å². The average molecular weight is 146 g/mol. The topological polar surface area (TPSA) is 24.1 Å². The van der Waals surface area contributed by atoms with Gasteiger partial charge >= 0.3 is 0 Å². The van der Waals surface area contributed by atoms with E-state index in [1.54, 1.807) is 0 Å². The van der Waals surface area contributed by atoms with Gasteiger partial charge in [-0.2, -0.15) is 0 Å². The number of hydrogen-bond acceptors (Lipinski definition) is 2. The molecule has 2 unspecified atom stereocenters. The second-order valence-corrected chi connectivity index (χ2v) is 2.67. The standard InChI is InChI=1S/C7H15FN2/c1-2-10-7-3-4-9-5-6(7)8/h6-7,9-10H,2-5H2,1H3. The number of nitrogens with one attached hydrogen (secondary N) is 2. The van der Waals surface area contributed by atoms with Crippen LogP contribution < -0.4 is 10.6 Å². The Morgan fingerprint density at radius 1 is 1.70 bits per heavy atom. The third kappa shape index (κ3) is 1.92. The lowest BCUT2D eigenvalue weighted by Crippen LogP contribution is -2.48. The highest BCUT2D eigenvalue weighted by atomic mass is 19.1. The van der Waals surface area contributed by atoms with Gasteiger partial charge in [0.05, 0.1) is 0 Å². The van der Waals surface area contributed by atoms with E-state index in [2.05, 4.69) is 10.6 Å². The van der Waals surface area contributed by atoms with Gasteiger partial charge in [-0.25, -0.2) is 4.39 Å². The largest absolute Gasteiger partial charge is 0.314 e. The smallest absolute Gasteiger partial charge is 0.128 e. The monoisotopic (exact) mass is 146 g/mol. The summed E-state index contributed by atoms with van der Waals surface area (Å²) in [5, 5.41) is 6.13. The molecule has 10 heavy (non-hydrogen) atoms. The van der Waals surface area contributed by atoms with Gasteiger partial charge in [0.15, 0.2) is 0 Å². The minimum atomic E-state index is -0.700. The quantitative estimate of drug-likeness (QED) is 0.585. The van der Waals surface area contributed by atoms with Crippen LogP contribution in [0.4, 0.5) is 4.39 Å². The summed E-state index contributed by atoms with van der Waals surface area (Å²) in [4.78, 5) is 0. The Balaban J connectivity index is 2.25. The van der Waals surface area contributed by atoms with E-state index in [0.29, 0.717) is 6.54 Å². The SMILES string of the molecule is CCNC1CCNCC1F. The van der Waals surface area contributed by atoms with Crippen molar-refractivity contribution in [2.75, 3.05) is 19.6 Å². The van der Waals surface area contributed by atoms with Gasteiger partial charge in [0, 0.05) is 12.6 Å². The number of halogens is 1. The number of alkyl halides is 1. The molecule has 0 saturated carbocycles. The third-order valence-corrected chi connectivity index (χ3v) is 1.87. The number of hydrogen-bond donors (Lipinski definition) is 2. The summed E-state index contributed by atoms with van der Waals surface area (Å²) in [5.41, 5.74) is 0. The molecule has 0 aromatic carbocycles. The first kappa shape index (κ1) is 7.95. The number of rotatable bonds is 2. The van der Waals surface area contributed by atoms with Crippen LogP contribution in [0.3, 0.4) is 0 Å². The van der Waals surface area contributed by atoms with E-state index in [9.17, 15) is 4.39 Å². The highest BCUT2D eigenvalue weighted by Gasteiger charge is 2.22. The molecule has 2 nitrogen and oxygen atoms in total. The van der Waals surface area contributed by atoms with Crippen LogP contribution in [-0.2, 0) is 0 Å². The van der Waals surface area contributed by atoms with Gasteiger partial charge in [-0.3, -0.25) is 0 Å². The zero-order valence-corrected chi connectivity index (χ0v) is 6.36. The molecule has 1 fully saturated rings. The average Bonchev–Trinajstić information content (AvgIpc) is 1.94. The first-order valence-corrected chi connectivity index (χ1v) is 3.92. The lowest BCUT2D eigenvalue weighted by molar-refractivity contribution is 0.205. The summed E-state index contributed by atoms with van der Waals surface area (Å²) in [7, 11) is 0. The molecule has 0 aliphatic carbocycles. The van der Waals surface area contributed by atoms with Gasteiger partial charge in [0.1, 0.15) is 6.17 Å². The summed E-state index contributed by atoms with van der Waals surface area (Å²) < 4.78 is 12.9. The van der Waals surface area contributed by atoms with Gasteiger partial charge in [0.25, 0.3) is 0 Å². The van der Waals surface area contributed by atoms with Crippen LogP contribution in [0, 0.1) is 0 Å². The van der Waals surface area contributed by atoms with E-state index in [0.717, 1.165) is 19.5 Å². The second kappa shape index (κ2) is 3.88. The molecule has 2 atom stereocenters. The van der Waals surface area contributed by atoms with Crippen molar-refractivity contribution in [3.8, 4) is 0 Å². The molecule has 3 heteroatoms. The lowest BCUT2D eigenvalue weighted by Gasteiger charge is -2.26. The van der Waals surface area contributed by atoms with Crippen LogP contribution in [-0.4, -0.2) is 31.8 Å². The zero-order chi connectivity index (χ0) is 7.40. The molecular formula is C7H15FN2. The third-order valence-electron chi connectivity index (χ3n) is 1.87. The Kier molecular flexibility index (Phi) is 3.09. The summed E-state index contributed by atoms with van der Waals surface area (Å²) >= 11 is 0. The Labute approximate surface area is 61.2 Å². The molecule has 0 radical (unpaired) electrons. The predicted molar refractivity (Wildman–Crippen MR) is 39.8 cm³/mol. The van der Waals surface area contributed by atoms with Crippen molar-refractivity contribution in [3.63, 3.8) is 0 Å². The van der Waals surface area contributed by atoms with E-state index >= 15 is 0 Å². The zero-order valence-electron chi connectivity index (χ0n) is 6.36. The summed E-state index contributed by atoms with van der Waals surface area (Å²) in [6, 6.07) is 0.0891. The van der Waals surface area contributed by atoms with E-state index in [4.69, 9.17) is 0 Å². The molecule has 0 aromatic rings. The van der Waals surface area contributed by atoms with Gasteiger partial charge in [-0.05, 0) is 19.5 Å². The van der Waals surface area contributed by atoms with Crippen molar-refractivity contribution in [2.24, 2.45) is 0 Å². The molecule has 0 spiro atoms. The van der Waals surface area contributed by atoms with Crippen molar-refractivity contribution in [1.29, 1.82) is 0 Å². The molecule has 1 aliphatic rings. The fraction of sp³-hybridized carbons (Fsp3) is 1.00. The molecule has 1 rings (SSSR count). The fourth-order valence-electron chi connectivity index (χ4n) is 1.31. The Morgan fingerprint density at radius 3 is 3.10 bits per heavy atom. The second-order valence-electron chi connectivity index (χ2n) is 2.67. The van der Waals surface area contributed by atoms with Crippen LogP contribution in [0.15, 0.2) is 0 Å². The molecule has 2 N–H and O–H groups in total. The predicted octanol–water partition coefficient (Wildman–Crippen LogP) is 0.296. The van der Waals surface area contributed by atoms with Gasteiger partial charge < -0.3 is 10.6 Å². The number of piperidine rings is 1. The van der Waals surface area contributed by atoms with E-state index in [1.807, 2.05) is 6.92 Å². The summed E-state index contributed by atoms with van der Waals surface area (Å²) in [6.07, 6.45) is 0.211. The van der Waals surface area contributed by atoms with Gasteiger partial charge in [-0.15, -0.1) is 0 Å². The Morgan fingerprint density at radius 2 is 2.50 bits per heavy atom. The molecule has 1 aliphatic heterocycles. The van der Waals surface area contributed by atoms with Crippen molar-refractivity contribution in [3.05, 3.63) is 0 Å². The maximum Gasteiger partial charge on any atom is 0.128 e. The van der Waals surface area contributed by atoms with Crippen LogP contribution in [0.5, 0.6) is 0 Å². The molecular weight excluding hydrogens is 131 g/mol. The van der Waals surface area contributed by atoms with Gasteiger partial charge in [-0.1, -0.05) is 6.92 Å². The Hall–Kier alpha value is -0.150. The maximum absolute atomic E-state index is 12.9. The van der Waals surface area contributed by atoms with E-state index in [1.165, 1.54) is 0 Å². The lowest BCUT2D eigenvalue weighted by atomic mass is 10.1. The minimum Gasteiger partial charge on any atom is -0.314 e. The van der Waals surface area contributed by atoms with Crippen molar-refractivity contribution < 1.29 is 4.39 Å². The van der Waals surface area contributed by atoms with Crippen LogP contribution in [0.25, 0.3) is 0 Å². The molecule has 1 saturated heterocycles. The normalized spacial score (nSPS) is 34.2. The fourth-order valence-corrected chi connectivity index (χ4v) is 1.31. The molecule has 0 aromatic heterocycles. The molecule has 60 valence electrons. The first-order chi connectivity index (χ1) is 4.84. The minimum absolute atomic E-state index is 0.0891. The maximum atomic E-state index is 12.9. The summed E-state index contributed by atoms with van der Waals surface area (Å²) in [6.45, 7) is 4.33. The van der Waals surface area contributed by atoms with Crippen LogP contribution in [0.2, 0.25) is 0 Å². The molecule has 0 bridgehead atoms. The molecule has 1 heterocycles. The summed E-state index contributed by atoms with van der Waals surface area (Å²) in [5.74, 6) is 0. The highest BCUT2D eigenvalue weighted by Crippen LogP contribution is 2.06. The van der Waals surface area contributed by atoms with Gasteiger partial charge in [0.2, 0.25) is 0 Å². The van der Waals surface area contributed by atoms with Crippen molar-refractivity contribution >= 4 is 0 Å². The first-order valence-electron chi connectivity index (χ1n) is 3.92. The highest BCUT2D eigenvalue weighted by molar-refractivity contribution is 4.82.